The second-order valence-electron chi connectivity index (χ2n) is 8.38. The number of carbonyl (C=O) groups is 2. The van der Waals surface area contributed by atoms with Crippen LogP contribution in [-0.2, 0) is 4.74 Å². The zero-order valence-electron chi connectivity index (χ0n) is 17.0. The van der Waals surface area contributed by atoms with Gasteiger partial charge in [0.2, 0.25) is 0 Å². The van der Waals surface area contributed by atoms with E-state index >= 15 is 0 Å². The minimum atomic E-state index is -0.437. The highest BCUT2D eigenvalue weighted by Crippen LogP contribution is 2.35. The summed E-state index contributed by atoms with van der Waals surface area (Å²) in [5.74, 6) is 0.0178. The Balaban J connectivity index is 1.42. The number of rotatable bonds is 4. The van der Waals surface area contributed by atoms with Crippen molar-refractivity contribution in [2.24, 2.45) is 0 Å². The molecule has 2 saturated heterocycles. The fourth-order valence-corrected chi connectivity index (χ4v) is 4.48. The van der Waals surface area contributed by atoms with Gasteiger partial charge in [0.25, 0.3) is 5.91 Å². The Hall–Kier alpha value is -2.50. The van der Waals surface area contributed by atoms with Crippen LogP contribution in [0.2, 0.25) is 0 Å². The van der Waals surface area contributed by atoms with Crippen LogP contribution in [0.5, 0.6) is 0 Å². The molecule has 1 spiro atoms. The summed E-state index contributed by atoms with van der Waals surface area (Å²) in [5, 5.41) is 1.06. The van der Waals surface area contributed by atoms with Crippen LogP contribution in [-0.4, -0.2) is 58.1 Å². The number of aromatic nitrogens is 1. The molecule has 2 aliphatic heterocycles. The first-order valence-electron chi connectivity index (χ1n) is 10.3. The van der Waals surface area contributed by atoms with Gasteiger partial charge in [0.05, 0.1) is 6.54 Å². The normalized spacial score (nSPS) is 20.0. The third-order valence-corrected chi connectivity index (χ3v) is 6.20. The van der Waals surface area contributed by atoms with Crippen molar-refractivity contribution in [3.8, 4) is 0 Å². The van der Waals surface area contributed by atoms with Gasteiger partial charge in [0.15, 0.2) is 0 Å². The molecule has 0 saturated carbocycles. The summed E-state index contributed by atoms with van der Waals surface area (Å²) in [5.41, 5.74) is 2.34. The van der Waals surface area contributed by atoms with Crippen LogP contribution in [0.4, 0.5) is 4.79 Å². The molecule has 6 heteroatoms. The van der Waals surface area contributed by atoms with E-state index in [1.54, 1.807) is 0 Å². The van der Waals surface area contributed by atoms with Crippen molar-refractivity contribution in [1.82, 2.24) is 14.8 Å². The molecule has 0 radical (unpaired) electrons. The largest absolute Gasteiger partial charge is 0.441 e. The minimum absolute atomic E-state index is 0.0178. The summed E-state index contributed by atoms with van der Waals surface area (Å²) in [7, 11) is 0. The predicted octanol–water partition coefficient (Wildman–Crippen LogP) is 4.09. The molecule has 1 aromatic heterocycles. The molecule has 4 rings (SSSR count). The highest BCUT2D eigenvalue weighted by Gasteiger charge is 2.48. The van der Waals surface area contributed by atoms with Crippen LogP contribution in [0.1, 0.15) is 55.6 Å². The second-order valence-corrected chi connectivity index (χ2v) is 8.38. The van der Waals surface area contributed by atoms with Crippen LogP contribution in [0.25, 0.3) is 10.9 Å². The van der Waals surface area contributed by atoms with E-state index in [1.165, 1.54) is 5.56 Å². The van der Waals surface area contributed by atoms with E-state index < -0.39 is 5.60 Å². The number of ether oxygens (including phenoxy) is 1. The van der Waals surface area contributed by atoms with E-state index in [1.807, 2.05) is 34.9 Å². The zero-order valence-corrected chi connectivity index (χ0v) is 17.0. The van der Waals surface area contributed by atoms with Gasteiger partial charge < -0.3 is 19.5 Å². The summed E-state index contributed by atoms with van der Waals surface area (Å²) in [4.78, 5) is 32.3. The number of aryl methyl sites for hydroxylation is 1. The van der Waals surface area contributed by atoms with Crippen LogP contribution >= 0.6 is 0 Å². The molecule has 3 heterocycles. The molecule has 1 aromatic carbocycles. The first kappa shape index (κ1) is 18.8. The number of likely N-dealkylation sites (tertiary alicyclic amines) is 1. The maximum Gasteiger partial charge on any atom is 0.410 e. The van der Waals surface area contributed by atoms with Gasteiger partial charge in [-0.25, -0.2) is 4.79 Å². The molecule has 1 atom stereocenters. The maximum absolute atomic E-state index is 13.0. The average molecular weight is 383 g/mol. The van der Waals surface area contributed by atoms with Gasteiger partial charge in [-0.1, -0.05) is 25.0 Å². The molecule has 28 heavy (non-hydrogen) atoms. The molecular weight excluding hydrogens is 354 g/mol. The third-order valence-electron chi connectivity index (χ3n) is 6.20. The van der Waals surface area contributed by atoms with Crippen LogP contribution < -0.4 is 0 Å². The molecule has 2 aromatic rings. The fraction of sp³-hybridized carbons (Fsp3) is 0.545. The van der Waals surface area contributed by atoms with Gasteiger partial charge in [-0.15, -0.1) is 0 Å². The summed E-state index contributed by atoms with van der Waals surface area (Å²) >= 11 is 0. The lowest BCUT2D eigenvalue weighted by atomic mass is 9.90. The van der Waals surface area contributed by atoms with Gasteiger partial charge in [0.1, 0.15) is 11.3 Å². The Kier molecular flexibility index (Phi) is 4.81. The SMILES string of the molecule is CCC[C@H](C)N1CC2(CCN(C(=O)c3cc4cc(C)ccc4[nH]3)CC2)OC1=O. The smallest absolute Gasteiger partial charge is 0.410 e. The van der Waals surface area contributed by atoms with Gasteiger partial charge in [0, 0.05) is 42.9 Å². The maximum atomic E-state index is 13.0. The number of nitrogens with zero attached hydrogens (tertiary/aromatic N) is 2. The number of nitrogens with one attached hydrogen (secondary N) is 1. The molecule has 2 aliphatic rings. The molecular formula is C22H29N3O3. The topological polar surface area (TPSA) is 65.6 Å². The van der Waals surface area contributed by atoms with Gasteiger partial charge >= 0.3 is 6.09 Å². The Morgan fingerprint density at radius 1 is 1.29 bits per heavy atom. The molecule has 0 unspecified atom stereocenters. The Labute approximate surface area is 165 Å². The lowest BCUT2D eigenvalue weighted by Gasteiger charge is -2.37. The number of carbonyl (C=O) groups excluding carboxylic acids is 2. The standard InChI is InChI=1S/C22H29N3O3/c1-4-5-16(3)25-14-22(28-21(25)27)8-10-24(11-9-22)20(26)19-13-17-12-15(2)6-7-18(17)23-19/h6-7,12-13,16,23H,4-5,8-11,14H2,1-3H3/t16-/m0/s1. The third kappa shape index (κ3) is 3.36. The van der Waals surface area contributed by atoms with Crippen molar-refractivity contribution in [1.29, 1.82) is 0 Å². The van der Waals surface area contributed by atoms with E-state index in [9.17, 15) is 9.59 Å². The molecule has 6 nitrogen and oxygen atoms in total. The van der Waals surface area contributed by atoms with E-state index in [4.69, 9.17) is 4.74 Å². The number of H-pyrrole nitrogens is 1. The van der Waals surface area contributed by atoms with E-state index in [2.05, 4.69) is 24.9 Å². The summed E-state index contributed by atoms with van der Waals surface area (Å²) in [6.45, 7) is 8.11. The van der Waals surface area contributed by atoms with Gasteiger partial charge in [-0.3, -0.25) is 4.79 Å². The minimum Gasteiger partial charge on any atom is -0.441 e. The van der Waals surface area contributed by atoms with Crippen molar-refractivity contribution in [2.45, 2.75) is 58.1 Å². The van der Waals surface area contributed by atoms with Crippen molar-refractivity contribution >= 4 is 22.9 Å². The highest BCUT2D eigenvalue weighted by molar-refractivity contribution is 5.98. The lowest BCUT2D eigenvalue weighted by Crippen LogP contribution is -2.49. The predicted molar refractivity (Wildman–Crippen MR) is 108 cm³/mol. The van der Waals surface area contributed by atoms with Gasteiger partial charge in [-0.05, 0) is 38.5 Å². The number of fused-ring (bicyclic) bond motifs is 1. The Bertz CT molecular complexity index is 896. The summed E-state index contributed by atoms with van der Waals surface area (Å²) in [6, 6.07) is 8.26. The number of piperidine rings is 1. The van der Waals surface area contributed by atoms with E-state index in [0.29, 0.717) is 38.2 Å². The molecule has 0 bridgehead atoms. The van der Waals surface area contributed by atoms with Crippen LogP contribution in [0.15, 0.2) is 24.3 Å². The average Bonchev–Trinajstić information content (AvgIpc) is 3.23. The monoisotopic (exact) mass is 383 g/mol. The molecule has 0 aliphatic carbocycles. The molecule has 2 fully saturated rings. The number of hydrogen-bond donors (Lipinski definition) is 1. The number of hydrogen-bond acceptors (Lipinski definition) is 3. The van der Waals surface area contributed by atoms with E-state index in [-0.39, 0.29) is 18.0 Å². The summed E-state index contributed by atoms with van der Waals surface area (Å²) in [6.07, 6.45) is 3.21. The van der Waals surface area contributed by atoms with Crippen molar-refractivity contribution in [3.63, 3.8) is 0 Å². The Morgan fingerprint density at radius 2 is 2.04 bits per heavy atom. The van der Waals surface area contributed by atoms with Crippen molar-refractivity contribution in [2.75, 3.05) is 19.6 Å². The molecule has 2 amide bonds. The quantitative estimate of drug-likeness (QED) is 0.865. The number of amides is 2. The molecule has 1 N–H and O–H groups in total. The lowest BCUT2D eigenvalue weighted by molar-refractivity contribution is 0.00292. The van der Waals surface area contributed by atoms with Crippen molar-refractivity contribution < 1.29 is 14.3 Å². The fourth-order valence-electron chi connectivity index (χ4n) is 4.48. The number of benzene rings is 1. The van der Waals surface area contributed by atoms with Crippen LogP contribution in [0.3, 0.4) is 0 Å². The number of aromatic amines is 1. The summed E-state index contributed by atoms with van der Waals surface area (Å²) < 4.78 is 5.81. The first-order valence-corrected chi connectivity index (χ1v) is 10.3. The van der Waals surface area contributed by atoms with E-state index in [0.717, 1.165) is 23.7 Å². The molecule has 150 valence electrons. The Morgan fingerprint density at radius 3 is 2.75 bits per heavy atom. The van der Waals surface area contributed by atoms with Gasteiger partial charge in [-0.2, -0.15) is 0 Å². The first-order chi connectivity index (χ1) is 13.4. The zero-order chi connectivity index (χ0) is 19.9. The van der Waals surface area contributed by atoms with Crippen molar-refractivity contribution in [3.05, 3.63) is 35.5 Å². The second kappa shape index (κ2) is 7.15. The highest BCUT2D eigenvalue weighted by atomic mass is 16.6. The van der Waals surface area contributed by atoms with Crippen LogP contribution in [0, 0.1) is 6.92 Å².